The van der Waals surface area contributed by atoms with Crippen LogP contribution in [-0.4, -0.2) is 15.0 Å². The standard InChI is InChI=1S/C12H8O2Se/c13-11-8-4-1-2-5-9(8)14-10-6-3-7-15-12(10)11/h1-6H,7H2. The molecule has 2 aromatic rings. The maximum atomic E-state index is 12.1. The van der Waals surface area contributed by atoms with Crippen molar-refractivity contribution in [3.63, 3.8) is 0 Å². The van der Waals surface area contributed by atoms with Crippen molar-refractivity contribution in [2.24, 2.45) is 0 Å². The van der Waals surface area contributed by atoms with E-state index in [1.165, 1.54) is 0 Å². The second-order valence-corrected chi connectivity index (χ2v) is 5.50. The molecule has 0 radical (unpaired) electrons. The first kappa shape index (κ1) is 8.95. The number of rotatable bonds is 0. The zero-order valence-electron chi connectivity index (χ0n) is 7.90. The molecule has 1 aromatic heterocycles. The van der Waals surface area contributed by atoms with Crippen LogP contribution in [0.1, 0.15) is 5.76 Å². The van der Waals surface area contributed by atoms with Crippen molar-refractivity contribution in [2.75, 3.05) is 0 Å². The second-order valence-electron chi connectivity index (χ2n) is 3.33. The van der Waals surface area contributed by atoms with Gasteiger partial charge >= 0.3 is 92.5 Å². The van der Waals surface area contributed by atoms with Gasteiger partial charge in [0, 0.05) is 0 Å². The molecule has 1 aromatic carbocycles. The molecule has 3 heteroatoms. The summed E-state index contributed by atoms with van der Waals surface area (Å²) in [5.74, 6) is 0.755. The Morgan fingerprint density at radius 2 is 2.13 bits per heavy atom. The van der Waals surface area contributed by atoms with Crippen LogP contribution in [0, 0.1) is 0 Å². The number of para-hydroxylation sites is 1. The Kier molecular flexibility index (Phi) is 2.01. The fourth-order valence-corrected chi connectivity index (χ4v) is 3.46. The monoisotopic (exact) mass is 264 g/mol. The SMILES string of the molecule is O=c1c2c(oc3ccccc13)C=CC[Se]2. The van der Waals surface area contributed by atoms with E-state index in [1.54, 1.807) is 0 Å². The fraction of sp³-hybridized carbons (Fsp3) is 0.0833. The Bertz CT molecular complexity index is 611. The molecule has 1 aliphatic rings. The van der Waals surface area contributed by atoms with Crippen molar-refractivity contribution < 1.29 is 4.42 Å². The van der Waals surface area contributed by atoms with E-state index in [0.717, 1.165) is 15.5 Å². The average molecular weight is 263 g/mol. The Labute approximate surface area is 92.8 Å². The van der Waals surface area contributed by atoms with Gasteiger partial charge in [-0.1, -0.05) is 0 Å². The number of hydrogen-bond donors (Lipinski definition) is 0. The zero-order valence-corrected chi connectivity index (χ0v) is 9.61. The van der Waals surface area contributed by atoms with Crippen LogP contribution in [0.5, 0.6) is 0 Å². The molecule has 0 saturated heterocycles. The fourth-order valence-electron chi connectivity index (χ4n) is 1.68. The van der Waals surface area contributed by atoms with Gasteiger partial charge in [0.05, 0.1) is 0 Å². The molecular weight excluding hydrogens is 255 g/mol. The van der Waals surface area contributed by atoms with Gasteiger partial charge in [0.1, 0.15) is 0 Å². The summed E-state index contributed by atoms with van der Waals surface area (Å²) in [4.78, 5) is 12.1. The Morgan fingerprint density at radius 1 is 1.27 bits per heavy atom. The molecule has 3 rings (SSSR count). The summed E-state index contributed by atoms with van der Waals surface area (Å²) in [5, 5.41) is 1.69. The van der Waals surface area contributed by atoms with Crippen molar-refractivity contribution in [1.82, 2.24) is 0 Å². The van der Waals surface area contributed by atoms with Crippen LogP contribution in [0.3, 0.4) is 0 Å². The summed E-state index contributed by atoms with van der Waals surface area (Å²) >= 11 is 0.231. The summed E-state index contributed by atoms with van der Waals surface area (Å²) < 4.78 is 6.57. The molecule has 0 N–H and O–H groups in total. The minimum absolute atomic E-state index is 0.149. The predicted molar refractivity (Wildman–Crippen MR) is 61.7 cm³/mol. The normalized spacial score (nSPS) is 14.1. The van der Waals surface area contributed by atoms with Crippen LogP contribution in [0.15, 0.2) is 39.6 Å². The van der Waals surface area contributed by atoms with Gasteiger partial charge in [-0.05, 0) is 0 Å². The molecule has 0 bridgehead atoms. The third-order valence-electron chi connectivity index (χ3n) is 2.37. The first-order valence-corrected chi connectivity index (χ1v) is 6.78. The van der Waals surface area contributed by atoms with Gasteiger partial charge < -0.3 is 0 Å². The van der Waals surface area contributed by atoms with Crippen molar-refractivity contribution in [3.05, 3.63) is 46.3 Å². The number of fused-ring (bicyclic) bond motifs is 2. The molecule has 2 heterocycles. The maximum absolute atomic E-state index is 12.1. The van der Waals surface area contributed by atoms with E-state index >= 15 is 0 Å². The number of benzene rings is 1. The van der Waals surface area contributed by atoms with E-state index < -0.39 is 0 Å². The van der Waals surface area contributed by atoms with Crippen molar-refractivity contribution in [2.45, 2.75) is 5.32 Å². The van der Waals surface area contributed by atoms with E-state index in [0.29, 0.717) is 11.0 Å². The van der Waals surface area contributed by atoms with Crippen LogP contribution in [-0.2, 0) is 0 Å². The van der Waals surface area contributed by atoms with Crippen LogP contribution in [0.2, 0.25) is 5.32 Å². The van der Waals surface area contributed by atoms with Gasteiger partial charge in [-0.15, -0.1) is 0 Å². The Balaban J connectivity index is 2.48. The number of allylic oxidation sites excluding steroid dienone is 1. The van der Waals surface area contributed by atoms with E-state index in [-0.39, 0.29) is 20.4 Å². The van der Waals surface area contributed by atoms with E-state index in [4.69, 9.17) is 4.42 Å². The molecule has 2 nitrogen and oxygen atoms in total. The zero-order chi connectivity index (χ0) is 10.3. The van der Waals surface area contributed by atoms with Crippen LogP contribution in [0.25, 0.3) is 17.0 Å². The van der Waals surface area contributed by atoms with Gasteiger partial charge in [-0.3, -0.25) is 0 Å². The van der Waals surface area contributed by atoms with Gasteiger partial charge in [0.15, 0.2) is 0 Å². The topological polar surface area (TPSA) is 30.2 Å². The van der Waals surface area contributed by atoms with E-state index in [2.05, 4.69) is 6.08 Å². The third kappa shape index (κ3) is 1.36. The molecular formula is C12H8O2Se. The van der Waals surface area contributed by atoms with Gasteiger partial charge in [-0.2, -0.15) is 0 Å². The van der Waals surface area contributed by atoms with Gasteiger partial charge in [-0.25, -0.2) is 0 Å². The molecule has 1 aliphatic heterocycles. The molecule has 74 valence electrons. The molecule has 0 spiro atoms. The van der Waals surface area contributed by atoms with Gasteiger partial charge in [0.25, 0.3) is 0 Å². The van der Waals surface area contributed by atoms with Crippen molar-refractivity contribution >= 4 is 36.5 Å². The Hall–Kier alpha value is -1.31. The summed E-state index contributed by atoms with van der Waals surface area (Å²) in [6.07, 6.45) is 3.98. The quantitative estimate of drug-likeness (QED) is 0.675. The van der Waals surface area contributed by atoms with Gasteiger partial charge in [0.2, 0.25) is 0 Å². The second kappa shape index (κ2) is 3.37. The molecule has 0 saturated carbocycles. The first-order chi connectivity index (χ1) is 7.36. The Morgan fingerprint density at radius 3 is 3.07 bits per heavy atom. The van der Waals surface area contributed by atoms with E-state index in [9.17, 15) is 4.79 Å². The van der Waals surface area contributed by atoms with Crippen LogP contribution < -0.4 is 9.89 Å². The molecule has 0 fully saturated rings. The van der Waals surface area contributed by atoms with Crippen LogP contribution in [0.4, 0.5) is 0 Å². The number of hydrogen-bond acceptors (Lipinski definition) is 2. The summed E-state index contributed by atoms with van der Waals surface area (Å²) in [7, 11) is 0. The van der Waals surface area contributed by atoms with Crippen LogP contribution >= 0.6 is 0 Å². The predicted octanol–water partition coefficient (Wildman–Crippen LogP) is 1.57. The van der Waals surface area contributed by atoms with Crippen molar-refractivity contribution in [3.8, 4) is 0 Å². The molecule has 15 heavy (non-hydrogen) atoms. The molecule has 0 amide bonds. The summed E-state index contributed by atoms with van der Waals surface area (Å²) in [6, 6.07) is 7.43. The average Bonchev–Trinajstić information content (AvgIpc) is 2.30. The molecule has 0 aliphatic carbocycles. The third-order valence-corrected chi connectivity index (χ3v) is 4.54. The first-order valence-electron chi connectivity index (χ1n) is 4.71. The molecule has 0 unspecified atom stereocenters. The molecule has 0 atom stereocenters. The minimum atomic E-state index is 0.149. The summed E-state index contributed by atoms with van der Waals surface area (Å²) in [5.41, 5.74) is 0.833. The summed E-state index contributed by atoms with van der Waals surface area (Å²) in [6.45, 7) is 0. The van der Waals surface area contributed by atoms with E-state index in [1.807, 2.05) is 30.3 Å². The van der Waals surface area contributed by atoms with Crippen molar-refractivity contribution in [1.29, 1.82) is 0 Å².